The Labute approximate surface area is 107 Å². The summed E-state index contributed by atoms with van der Waals surface area (Å²) >= 11 is 6.20. The fraction of sp³-hybridized carbons (Fsp3) is 0.727. The Morgan fingerprint density at radius 1 is 1.47 bits per heavy atom. The third-order valence-electron chi connectivity index (χ3n) is 3.34. The number of aromatic nitrogens is 2. The van der Waals surface area contributed by atoms with Crippen LogP contribution < -0.4 is 5.73 Å². The minimum atomic E-state index is 0.123. The minimum Gasteiger partial charge on any atom is -0.379 e. The summed E-state index contributed by atoms with van der Waals surface area (Å²) in [5.41, 5.74) is 6.91. The van der Waals surface area contributed by atoms with Crippen LogP contribution in [0.3, 0.4) is 0 Å². The molecule has 2 N–H and O–H groups in total. The van der Waals surface area contributed by atoms with Crippen LogP contribution in [0.15, 0.2) is 0 Å². The molecule has 17 heavy (non-hydrogen) atoms. The Hall–Kier alpha value is -0.620. The van der Waals surface area contributed by atoms with Gasteiger partial charge in [0.25, 0.3) is 0 Å². The number of morpholine rings is 1. The standard InChI is InChI=1S/C11H19ClN4O/c1-8-14-11(12)10(15(8)2)9(7-13)16-3-5-17-6-4-16/h9H,3-7,13H2,1-2H3. The lowest BCUT2D eigenvalue weighted by Crippen LogP contribution is -2.42. The van der Waals surface area contributed by atoms with Gasteiger partial charge in [-0.1, -0.05) is 11.6 Å². The van der Waals surface area contributed by atoms with Gasteiger partial charge in [0.15, 0.2) is 5.15 Å². The van der Waals surface area contributed by atoms with Crippen LogP contribution in [0.1, 0.15) is 17.6 Å². The lowest BCUT2D eigenvalue weighted by molar-refractivity contribution is 0.0165. The van der Waals surface area contributed by atoms with E-state index in [1.165, 1.54) is 0 Å². The van der Waals surface area contributed by atoms with Gasteiger partial charge in [-0.15, -0.1) is 0 Å². The summed E-state index contributed by atoms with van der Waals surface area (Å²) in [4.78, 5) is 6.60. The topological polar surface area (TPSA) is 56.3 Å². The lowest BCUT2D eigenvalue weighted by atomic mass is 10.1. The summed E-state index contributed by atoms with van der Waals surface area (Å²) in [5, 5.41) is 0.562. The summed E-state index contributed by atoms with van der Waals surface area (Å²) in [7, 11) is 1.98. The number of ether oxygens (including phenoxy) is 1. The highest BCUT2D eigenvalue weighted by Gasteiger charge is 2.26. The van der Waals surface area contributed by atoms with Gasteiger partial charge in [0.05, 0.1) is 24.9 Å². The maximum atomic E-state index is 6.20. The molecule has 1 unspecified atom stereocenters. The van der Waals surface area contributed by atoms with Gasteiger partial charge in [-0.3, -0.25) is 4.90 Å². The van der Waals surface area contributed by atoms with Crippen molar-refractivity contribution in [2.45, 2.75) is 13.0 Å². The van der Waals surface area contributed by atoms with Crippen molar-refractivity contribution in [3.8, 4) is 0 Å². The number of rotatable bonds is 3. The molecule has 0 aliphatic carbocycles. The predicted molar refractivity (Wildman–Crippen MR) is 67.1 cm³/mol. The first-order valence-electron chi connectivity index (χ1n) is 5.85. The predicted octanol–water partition coefficient (Wildman–Crippen LogP) is 0.714. The first-order valence-corrected chi connectivity index (χ1v) is 6.23. The van der Waals surface area contributed by atoms with Gasteiger partial charge in [-0.25, -0.2) is 4.98 Å². The van der Waals surface area contributed by atoms with Crippen molar-refractivity contribution in [3.05, 3.63) is 16.7 Å². The molecule has 1 atom stereocenters. The van der Waals surface area contributed by atoms with Crippen LogP contribution in [0.5, 0.6) is 0 Å². The molecular weight excluding hydrogens is 240 g/mol. The molecule has 1 saturated heterocycles. The van der Waals surface area contributed by atoms with Crippen molar-refractivity contribution in [3.63, 3.8) is 0 Å². The summed E-state index contributed by atoms with van der Waals surface area (Å²) in [6, 6.07) is 0.123. The summed E-state index contributed by atoms with van der Waals surface area (Å²) in [5.74, 6) is 0.914. The Kier molecular flexibility index (Phi) is 4.04. The number of aryl methyl sites for hydroxylation is 1. The Balaban J connectivity index is 2.27. The molecular formula is C11H19ClN4O. The zero-order valence-corrected chi connectivity index (χ0v) is 11.1. The SMILES string of the molecule is Cc1nc(Cl)c(C(CN)N2CCOCC2)n1C. The van der Waals surface area contributed by atoms with E-state index in [0.717, 1.165) is 37.8 Å². The molecule has 2 rings (SSSR count). The Morgan fingerprint density at radius 3 is 2.59 bits per heavy atom. The van der Waals surface area contributed by atoms with Crippen LogP contribution in [0.25, 0.3) is 0 Å². The van der Waals surface area contributed by atoms with Gasteiger partial charge < -0.3 is 15.0 Å². The second kappa shape index (κ2) is 5.35. The van der Waals surface area contributed by atoms with E-state index in [1.807, 2.05) is 18.5 Å². The van der Waals surface area contributed by atoms with Crippen molar-refractivity contribution in [1.82, 2.24) is 14.5 Å². The van der Waals surface area contributed by atoms with Gasteiger partial charge in [-0.2, -0.15) is 0 Å². The van der Waals surface area contributed by atoms with E-state index in [-0.39, 0.29) is 6.04 Å². The minimum absolute atomic E-state index is 0.123. The quantitative estimate of drug-likeness (QED) is 0.868. The fourth-order valence-corrected chi connectivity index (χ4v) is 2.65. The Bertz CT molecular complexity index is 387. The largest absolute Gasteiger partial charge is 0.379 e. The average Bonchev–Trinajstić information content (AvgIpc) is 2.58. The molecule has 1 fully saturated rings. The molecule has 0 radical (unpaired) electrons. The van der Waals surface area contributed by atoms with Crippen molar-refractivity contribution in [2.24, 2.45) is 12.8 Å². The maximum absolute atomic E-state index is 6.20. The van der Waals surface area contributed by atoms with E-state index >= 15 is 0 Å². The molecule has 96 valence electrons. The molecule has 5 nitrogen and oxygen atoms in total. The van der Waals surface area contributed by atoms with Gasteiger partial charge in [-0.05, 0) is 6.92 Å². The van der Waals surface area contributed by atoms with E-state index < -0.39 is 0 Å². The number of imidazole rings is 1. The fourth-order valence-electron chi connectivity index (χ4n) is 2.27. The molecule has 1 aliphatic rings. The van der Waals surface area contributed by atoms with Gasteiger partial charge in [0, 0.05) is 26.7 Å². The van der Waals surface area contributed by atoms with Crippen molar-refractivity contribution in [1.29, 1.82) is 0 Å². The first-order chi connectivity index (χ1) is 8.15. The average molecular weight is 259 g/mol. The highest BCUT2D eigenvalue weighted by atomic mass is 35.5. The maximum Gasteiger partial charge on any atom is 0.152 e. The van der Waals surface area contributed by atoms with Crippen LogP contribution in [-0.2, 0) is 11.8 Å². The molecule has 0 bridgehead atoms. The first kappa shape index (κ1) is 12.8. The highest BCUT2D eigenvalue weighted by molar-refractivity contribution is 6.30. The molecule has 0 aromatic carbocycles. The van der Waals surface area contributed by atoms with Crippen LogP contribution in [0.2, 0.25) is 5.15 Å². The normalized spacial score (nSPS) is 19.5. The number of nitrogens with two attached hydrogens (primary N) is 1. The Morgan fingerprint density at radius 2 is 2.12 bits per heavy atom. The van der Waals surface area contributed by atoms with Crippen molar-refractivity contribution < 1.29 is 4.74 Å². The summed E-state index contributed by atoms with van der Waals surface area (Å²) < 4.78 is 7.38. The van der Waals surface area contributed by atoms with Crippen molar-refractivity contribution >= 4 is 11.6 Å². The number of halogens is 1. The van der Waals surface area contributed by atoms with Crippen LogP contribution >= 0.6 is 11.6 Å². The molecule has 0 amide bonds. The second-order valence-corrected chi connectivity index (χ2v) is 4.65. The summed E-state index contributed by atoms with van der Waals surface area (Å²) in [6.45, 7) is 5.78. The van der Waals surface area contributed by atoms with Gasteiger partial charge in [0.2, 0.25) is 0 Å². The molecule has 6 heteroatoms. The smallest absolute Gasteiger partial charge is 0.152 e. The van der Waals surface area contributed by atoms with E-state index in [4.69, 9.17) is 22.1 Å². The van der Waals surface area contributed by atoms with E-state index in [1.54, 1.807) is 0 Å². The molecule has 0 saturated carbocycles. The van der Waals surface area contributed by atoms with Crippen LogP contribution in [0, 0.1) is 6.92 Å². The van der Waals surface area contributed by atoms with E-state index in [9.17, 15) is 0 Å². The van der Waals surface area contributed by atoms with Crippen molar-refractivity contribution in [2.75, 3.05) is 32.8 Å². The molecule has 1 aliphatic heterocycles. The van der Waals surface area contributed by atoms with Crippen LogP contribution in [-0.4, -0.2) is 47.3 Å². The zero-order chi connectivity index (χ0) is 12.4. The number of hydrogen-bond donors (Lipinski definition) is 1. The van der Waals surface area contributed by atoms with E-state index in [2.05, 4.69) is 9.88 Å². The zero-order valence-electron chi connectivity index (χ0n) is 10.3. The van der Waals surface area contributed by atoms with Crippen LogP contribution in [0.4, 0.5) is 0 Å². The van der Waals surface area contributed by atoms with Gasteiger partial charge >= 0.3 is 0 Å². The highest BCUT2D eigenvalue weighted by Crippen LogP contribution is 2.27. The number of hydrogen-bond acceptors (Lipinski definition) is 4. The molecule has 1 aromatic rings. The summed E-state index contributed by atoms with van der Waals surface area (Å²) in [6.07, 6.45) is 0. The second-order valence-electron chi connectivity index (χ2n) is 4.29. The third kappa shape index (κ3) is 2.47. The lowest BCUT2D eigenvalue weighted by Gasteiger charge is -2.34. The number of nitrogens with zero attached hydrogens (tertiary/aromatic N) is 3. The third-order valence-corrected chi connectivity index (χ3v) is 3.62. The van der Waals surface area contributed by atoms with Gasteiger partial charge in [0.1, 0.15) is 5.82 Å². The molecule has 2 heterocycles. The van der Waals surface area contributed by atoms with E-state index in [0.29, 0.717) is 11.7 Å². The molecule has 1 aromatic heterocycles. The molecule has 0 spiro atoms. The monoisotopic (exact) mass is 258 g/mol.